The predicted molar refractivity (Wildman–Crippen MR) is 140 cm³/mol. The second kappa shape index (κ2) is 11.3. The van der Waals surface area contributed by atoms with Crippen LogP contribution in [-0.4, -0.2) is 72.1 Å². The molecule has 0 spiro atoms. The highest BCUT2D eigenvalue weighted by molar-refractivity contribution is 6.02. The van der Waals surface area contributed by atoms with Crippen molar-refractivity contribution < 1.29 is 24.3 Å². The van der Waals surface area contributed by atoms with E-state index in [0.717, 1.165) is 0 Å². The Morgan fingerprint density at radius 1 is 0.757 bits per heavy atom. The van der Waals surface area contributed by atoms with Crippen LogP contribution in [0.1, 0.15) is 42.6 Å². The van der Waals surface area contributed by atoms with Crippen molar-refractivity contribution in [2.24, 2.45) is 11.8 Å². The first-order valence-corrected chi connectivity index (χ1v) is 12.2. The lowest BCUT2D eigenvalue weighted by molar-refractivity contribution is -0.130. The molecule has 1 heterocycles. The number of likely N-dealkylation sites (N-methyl/N-ethyl adjacent to an activating group) is 1. The molecule has 3 atom stereocenters. The molecule has 1 aliphatic rings. The van der Waals surface area contributed by atoms with E-state index in [1.807, 2.05) is 17.0 Å². The van der Waals surface area contributed by atoms with Crippen LogP contribution in [0.5, 0.6) is 0 Å². The first-order valence-electron chi connectivity index (χ1n) is 12.2. The maximum atomic E-state index is 13.9. The summed E-state index contributed by atoms with van der Waals surface area (Å²) in [4.78, 5) is 55.6. The van der Waals surface area contributed by atoms with Crippen molar-refractivity contribution in [2.75, 3.05) is 33.7 Å². The number of amides is 1. The molecule has 1 amide bonds. The summed E-state index contributed by atoms with van der Waals surface area (Å²) in [6, 6.07) is 24.3. The quantitative estimate of drug-likeness (QED) is 0.474. The zero-order valence-electron chi connectivity index (χ0n) is 20.9. The van der Waals surface area contributed by atoms with E-state index in [4.69, 9.17) is 0 Å². The van der Waals surface area contributed by atoms with Gasteiger partial charge in [0.05, 0.1) is 12.1 Å². The van der Waals surface area contributed by atoms with Crippen molar-refractivity contribution in [1.82, 2.24) is 9.80 Å². The largest absolute Gasteiger partial charge is 0.478 e. The molecule has 0 radical (unpaired) electrons. The zero-order chi connectivity index (χ0) is 26.5. The van der Waals surface area contributed by atoms with Crippen LogP contribution in [0, 0.1) is 11.8 Å². The minimum atomic E-state index is -1.08. The number of ketones is 2. The van der Waals surface area contributed by atoms with Gasteiger partial charge in [0.15, 0.2) is 11.6 Å². The minimum Gasteiger partial charge on any atom is -0.478 e. The fraction of sp³-hybridized carbons (Fsp3) is 0.267. The molecule has 1 saturated heterocycles. The van der Waals surface area contributed by atoms with Crippen LogP contribution in [0.25, 0.3) is 0 Å². The third-order valence-electron chi connectivity index (χ3n) is 6.94. The van der Waals surface area contributed by atoms with E-state index < -0.39 is 23.7 Å². The van der Waals surface area contributed by atoms with Gasteiger partial charge in [0.1, 0.15) is 0 Å². The van der Waals surface area contributed by atoms with Gasteiger partial charge in [0.25, 0.3) is 0 Å². The van der Waals surface area contributed by atoms with Gasteiger partial charge in [0.2, 0.25) is 5.91 Å². The Morgan fingerprint density at radius 3 is 1.70 bits per heavy atom. The first kappa shape index (κ1) is 26.0. The maximum absolute atomic E-state index is 13.9. The SMILES string of the molecule is CN(C)C(=O)CN1C[C@H](C(=O)c2ccccc2)C(c2cccc(C(=O)O)c2)[C@H](C(=O)c2ccccc2)C1. The number of hydrogen-bond donors (Lipinski definition) is 1. The van der Waals surface area contributed by atoms with E-state index in [1.54, 1.807) is 80.8 Å². The summed E-state index contributed by atoms with van der Waals surface area (Å²) < 4.78 is 0. The van der Waals surface area contributed by atoms with Gasteiger partial charge in [-0.15, -0.1) is 0 Å². The number of aromatic carboxylic acids is 1. The number of hydrogen-bond acceptors (Lipinski definition) is 5. The van der Waals surface area contributed by atoms with Crippen LogP contribution in [0.15, 0.2) is 84.9 Å². The molecule has 0 saturated carbocycles. The topological polar surface area (TPSA) is 95.0 Å². The summed E-state index contributed by atoms with van der Waals surface area (Å²) in [5.41, 5.74) is 1.75. The highest BCUT2D eigenvalue weighted by Crippen LogP contribution is 2.41. The molecule has 1 N–H and O–H groups in total. The second-order valence-electron chi connectivity index (χ2n) is 9.61. The smallest absolute Gasteiger partial charge is 0.335 e. The fourth-order valence-electron chi connectivity index (χ4n) is 5.07. The number of carbonyl (C=O) groups is 4. The average molecular weight is 499 g/mol. The highest BCUT2D eigenvalue weighted by Gasteiger charge is 2.45. The van der Waals surface area contributed by atoms with Crippen molar-refractivity contribution >= 4 is 23.4 Å². The van der Waals surface area contributed by atoms with Gasteiger partial charge in [0, 0.05) is 56.1 Å². The molecule has 7 nitrogen and oxygen atoms in total. The number of piperidine rings is 1. The molecule has 1 aliphatic heterocycles. The molecule has 1 unspecified atom stereocenters. The summed E-state index contributed by atoms with van der Waals surface area (Å²) >= 11 is 0. The van der Waals surface area contributed by atoms with Crippen LogP contribution in [0.3, 0.4) is 0 Å². The monoisotopic (exact) mass is 498 g/mol. The third kappa shape index (κ3) is 5.84. The van der Waals surface area contributed by atoms with E-state index in [1.165, 1.54) is 11.0 Å². The molecule has 3 aromatic carbocycles. The van der Waals surface area contributed by atoms with Gasteiger partial charge in [-0.3, -0.25) is 19.3 Å². The van der Waals surface area contributed by atoms with E-state index in [-0.39, 0.29) is 42.7 Å². The summed E-state index contributed by atoms with van der Waals surface area (Å²) in [6.07, 6.45) is 0. The van der Waals surface area contributed by atoms with Crippen molar-refractivity contribution in [1.29, 1.82) is 0 Å². The zero-order valence-corrected chi connectivity index (χ0v) is 20.9. The fourth-order valence-corrected chi connectivity index (χ4v) is 5.07. The van der Waals surface area contributed by atoms with Gasteiger partial charge in [-0.25, -0.2) is 4.79 Å². The van der Waals surface area contributed by atoms with Gasteiger partial charge in [-0.2, -0.15) is 0 Å². The molecule has 0 aliphatic carbocycles. The first-order chi connectivity index (χ1) is 17.8. The van der Waals surface area contributed by atoms with E-state index >= 15 is 0 Å². The lowest BCUT2D eigenvalue weighted by Crippen LogP contribution is -2.52. The Hall–Kier alpha value is -4.10. The summed E-state index contributed by atoms with van der Waals surface area (Å²) in [7, 11) is 3.34. The van der Waals surface area contributed by atoms with Crippen molar-refractivity contribution in [3.63, 3.8) is 0 Å². The third-order valence-corrected chi connectivity index (χ3v) is 6.94. The van der Waals surface area contributed by atoms with E-state index in [9.17, 15) is 24.3 Å². The standard InChI is InChI=1S/C30H30N2O5/c1-31(2)26(33)19-32-17-24(28(34)20-10-5-3-6-11-20)27(22-14-9-15-23(16-22)30(36)37)25(18-32)29(35)21-12-7-4-8-13-21/h3-16,24-25,27H,17-19H2,1-2H3,(H,36,37)/t24-,25+,27?. The number of nitrogens with zero attached hydrogens (tertiary/aromatic N) is 2. The molecule has 0 bridgehead atoms. The molecular weight excluding hydrogens is 468 g/mol. The Kier molecular flexibility index (Phi) is 7.94. The summed E-state index contributed by atoms with van der Waals surface area (Å²) in [5, 5.41) is 9.62. The highest BCUT2D eigenvalue weighted by atomic mass is 16.4. The number of carboxylic acids is 1. The molecule has 0 aromatic heterocycles. The average Bonchev–Trinajstić information content (AvgIpc) is 2.92. The Morgan fingerprint density at radius 2 is 1.24 bits per heavy atom. The van der Waals surface area contributed by atoms with Crippen molar-refractivity contribution in [2.45, 2.75) is 5.92 Å². The summed E-state index contributed by atoms with van der Waals surface area (Å²) in [5.74, 6) is -3.36. The number of rotatable bonds is 8. The lowest BCUT2D eigenvalue weighted by atomic mass is 9.68. The van der Waals surface area contributed by atoms with Crippen LogP contribution in [-0.2, 0) is 4.79 Å². The number of benzene rings is 3. The van der Waals surface area contributed by atoms with Gasteiger partial charge < -0.3 is 10.0 Å². The Balaban J connectivity index is 1.84. The van der Waals surface area contributed by atoms with Crippen molar-refractivity contribution in [3.8, 4) is 0 Å². The minimum absolute atomic E-state index is 0.0754. The van der Waals surface area contributed by atoms with Gasteiger partial charge in [-0.05, 0) is 17.7 Å². The molecule has 7 heteroatoms. The van der Waals surface area contributed by atoms with E-state index in [0.29, 0.717) is 16.7 Å². The molecule has 3 aromatic rings. The van der Waals surface area contributed by atoms with Crippen LogP contribution < -0.4 is 0 Å². The van der Waals surface area contributed by atoms with Crippen LogP contribution in [0.4, 0.5) is 0 Å². The maximum Gasteiger partial charge on any atom is 0.335 e. The number of carbonyl (C=O) groups excluding carboxylic acids is 3. The molecule has 37 heavy (non-hydrogen) atoms. The lowest BCUT2D eigenvalue weighted by Gasteiger charge is -2.43. The molecule has 190 valence electrons. The molecule has 4 rings (SSSR count). The van der Waals surface area contributed by atoms with Crippen LogP contribution in [0.2, 0.25) is 0 Å². The van der Waals surface area contributed by atoms with Gasteiger partial charge in [-0.1, -0.05) is 72.8 Å². The van der Waals surface area contributed by atoms with Gasteiger partial charge >= 0.3 is 5.97 Å². The molecular formula is C30H30N2O5. The Labute approximate surface area is 216 Å². The van der Waals surface area contributed by atoms with Crippen molar-refractivity contribution in [3.05, 3.63) is 107 Å². The van der Waals surface area contributed by atoms with Crippen LogP contribution >= 0.6 is 0 Å². The number of Topliss-reactive ketones (excluding diaryl/α,β-unsaturated/α-hetero) is 2. The normalized spacial score (nSPS) is 19.7. The second-order valence-corrected chi connectivity index (χ2v) is 9.61. The number of carboxylic acid groups (broad SMARTS) is 1. The predicted octanol–water partition coefficient (Wildman–Crippen LogP) is 3.87. The number of likely N-dealkylation sites (tertiary alicyclic amines) is 1. The Bertz CT molecular complexity index is 1230. The summed E-state index contributed by atoms with van der Waals surface area (Å²) in [6.45, 7) is 0.619. The molecule has 1 fully saturated rings. The van der Waals surface area contributed by atoms with E-state index in [2.05, 4.69) is 0 Å².